The van der Waals surface area contributed by atoms with Gasteiger partial charge in [-0.05, 0) is 78.6 Å². The Labute approximate surface area is 472 Å². The van der Waals surface area contributed by atoms with Crippen molar-refractivity contribution in [3.05, 3.63) is 229 Å². The van der Waals surface area contributed by atoms with Gasteiger partial charge in [0.1, 0.15) is 23.3 Å². The lowest BCUT2D eigenvalue weighted by molar-refractivity contribution is 0.591. The Balaban J connectivity index is 1.22. The molecule has 17 rings (SSSR count). The highest BCUT2D eigenvalue weighted by Crippen LogP contribution is 2.52. The SMILES string of the molecule is Cc1ccc2c(c1)c1ccc3c4ccccc4sc3c1n2-c1c(C#N)c(-n2c3ccccc3c3ccccc32)c(-n2c3ccc(C(C)(C)C)cc3c3ccc4c5ccccc5sc4c32)c(-n2c3ccccc3c3ccccc32)c1C#N. The van der Waals surface area contributed by atoms with Crippen LogP contribution in [0.5, 0.6) is 0 Å². The molecule has 0 spiro atoms. The van der Waals surface area contributed by atoms with Gasteiger partial charge in [0, 0.05) is 74.0 Å². The molecule has 8 heteroatoms. The molecule has 0 amide bonds. The van der Waals surface area contributed by atoms with Crippen LogP contribution in [-0.2, 0) is 5.41 Å². The first-order valence-electron chi connectivity index (χ1n) is 27.5. The quantitative estimate of drug-likeness (QED) is 0.176. The predicted molar refractivity (Wildman–Crippen MR) is 342 cm³/mol. The first-order valence-corrected chi connectivity index (χ1v) is 29.1. The van der Waals surface area contributed by atoms with Gasteiger partial charge in [-0.3, -0.25) is 0 Å². The molecule has 81 heavy (non-hydrogen) atoms. The van der Waals surface area contributed by atoms with E-state index in [1.807, 2.05) is 0 Å². The maximum Gasteiger partial charge on any atom is 0.104 e. The highest BCUT2D eigenvalue weighted by atomic mass is 32.1. The topological polar surface area (TPSA) is 67.3 Å². The second-order valence-corrected chi connectivity index (χ2v) is 24.8. The van der Waals surface area contributed by atoms with E-state index in [0.29, 0.717) is 28.2 Å². The van der Waals surface area contributed by atoms with Crippen LogP contribution >= 0.6 is 22.7 Å². The maximum atomic E-state index is 12.9. The van der Waals surface area contributed by atoms with Crippen LogP contribution < -0.4 is 0 Å². The van der Waals surface area contributed by atoms with Crippen LogP contribution in [0.1, 0.15) is 43.0 Å². The average molecular weight is 1070 g/mol. The number of aromatic nitrogens is 4. The zero-order valence-electron chi connectivity index (χ0n) is 44.6. The molecule has 0 saturated carbocycles. The Morgan fingerprint density at radius 1 is 0.333 bits per heavy atom. The smallest absolute Gasteiger partial charge is 0.104 e. The Kier molecular flexibility index (Phi) is 9.40. The van der Waals surface area contributed by atoms with Crippen LogP contribution in [0.4, 0.5) is 0 Å². The monoisotopic (exact) mass is 1070 g/mol. The molecule has 0 aliphatic heterocycles. The van der Waals surface area contributed by atoms with Gasteiger partial charge in [0.15, 0.2) is 0 Å². The molecule has 0 atom stereocenters. The van der Waals surface area contributed by atoms with Crippen LogP contribution in [0.15, 0.2) is 206 Å². The fourth-order valence-corrected chi connectivity index (χ4v) is 16.2. The van der Waals surface area contributed by atoms with E-state index in [0.717, 1.165) is 119 Å². The number of hydrogen-bond acceptors (Lipinski definition) is 4. The molecule has 0 aliphatic carbocycles. The third kappa shape index (κ3) is 6.13. The van der Waals surface area contributed by atoms with Crippen molar-refractivity contribution in [2.75, 3.05) is 0 Å². The summed E-state index contributed by atoms with van der Waals surface area (Å²) in [5.41, 5.74) is 13.3. The average Bonchev–Trinajstić information content (AvgIpc) is 4.28. The molecule has 17 aromatic rings. The lowest BCUT2D eigenvalue weighted by Gasteiger charge is -2.27. The van der Waals surface area contributed by atoms with Gasteiger partial charge >= 0.3 is 0 Å². The summed E-state index contributed by atoms with van der Waals surface area (Å²) < 4.78 is 14.0. The molecule has 6 heterocycles. The highest BCUT2D eigenvalue weighted by Gasteiger charge is 2.36. The minimum Gasteiger partial charge on any atom is -0.306 e. The summed E-state index contributed by atoms with van der Waals surface area (Å²) in [5.74, 6) is 0. The number of para-hydroxylation sites is 4. The van der Waals surface area contributed by atoms with E-state index in [4.69, 9.17) is 0 Å². The van der Waals surface area contributed by atoms with Crippen molar-refractivity contribution in [2.24, 2.45) is 0 Å². The van der Waals surface area contributed by atoms with Gasteiger partial charge in [-0.2, -0.15) is 10.5 Å². The molecular weight excluding hydrogens is 1020 g/mol. The molecule has 11 aromatic carbocycles. The Bertz CT molecular complexity index is 5490. The molecule has 0 N–H and O–H groups in total. The summed E-state index contributed by atoms with van der Waals surface area (Å²) in [6.45, 7) is 8.97. The van der Waals surface area contributed by atoms with Gasteiger partial charge in [0.2, 0.25) is 0 Å². The van der Waals surface area contributed by atoms with Gasteiger partial charge < -0.3 is 18.3 Å². The molecular formula is C73H46N6S2. The van der Waals surface area contributed by atoms with Gasteiger partial charge in [-0.15, -0.1) is 22.7 Å². The number of nitrogens with zero attached hydrogens (tertiary/aromatic N) is 6. The predicted octanol–water partition coefficient (Wildman–Crippen LogP) is 20.2. The van der Waals surface area contributed by atoms with Crippen LogP contribution in [0.25, 0.3) is 150 Å². The van der Waals surface area contributed by atoms with Crippen molar-refractivity contribution < 1.29 is 0 Å². The van der Waals surface area contributed by atoms with Gasteiger partial charge in [-0.25, -0.2) is 0 Å². The van der Waals surface area contributed by atoms with Crippen molar-refractivity contribution in [2.45, 2.75) is 33.1 Å². The lowest BCUT2D eigenvalue weighted by atomic mass is 9.86. The Hall–Kier alpha value is -9.96. The summed E-state index contributed by atoms with van der Waals surface area (Å²) in [5, 5.41) is 39.0. The molecule has 6 aromatic heterocycles. The minimum atomic E-state index is -0.156. The van der Waals surface area contributed by atoms with E-state index in [-0.39, 0.29) is 5.41 Å². The summed E-state index contributed by atoms with van der Waals surface area (Å²) in [6.07, 6.45) is 0. The van der Waals surface area contributed by atoms with Crippen molar-refractivity contribution in [1.82, 2.24) is 18.3 Å². The fourth-order valence-electron chi connectivity index (χ4n) is 13.7. The number of benzene rings is 11. The second-order valence-electron chi connectivity index (χ2n) is 22.7. The van der Waals surface area contributed by atoms with E-state index < -0.39 is 0 Å². The molecule has 0 aliphatic rings. The normalized spacial score (nSPS) is 12.4. The number of thiophene rings is 2. The molecule has 6 nitrogen and oxygen atoms in total. The van der Waals surface area contributed by atoms with E-state index in [2.05, 4.69) is 264 Å². The number of hydrogen-bond donors (Lipinski definition) is 0. The zero-order chi connectivity index (χ0) is 54.2. The summed E-state index contributed by atoms with van der Waals surface area (Å²) in [6, 6.07) is 80.4. The summed E-state index contributed by atoms with van der Waals surface area (Å²) in [4.78, 5) is 0. The van der Waals surface area contributed by atoms with Crippen molar-refractivity contribution in [3.63, 3.8) is 0 Å². The minimum absolute atomic E-state index is 0.156. The zero-order valence-corrected chi connectivity index (χ0v) is 46.3. The maximum absolute atomic E-state index is 12.9. The summed E-state index contributed by atoms with van der Waals surface area (Å²) in [7, 11) is 0. The van der Waals surface area contributed by atoms with Crippen LogP contribution in [0.3, 0.4) is 0 Å². The van der Waals surface area contributed by atoms with Crippen LogP contribution in [0.2, 0.25) is 0 Å². The summed E-state index contributed by atoms with van der Waals surface area (Å²) >= 11 is 3.57. The third-order valence-corrected chi connectivity index (χ3v) is 19.6. The number of nitriles is 2. The van der Waals surface area contributed by atoms with Crippen molar-refractivity contribution in [1.29, 1.82) is 10.5 Å². The molecule has 0 fully saturated rings. The number of rotatable bonds is 4. The first kappa shape index (κ1) is 46.0. The standard InChI is InChI=1S/C73H46N6S2/c1-41-29-35-61-53(37-41)49-31-33-51-47-21-9-15-27-63(47)80-71(51)68(49)78(61)65-55(39-74)66(76-57-23-11-5-17-43(57)44-18-6-12-24-58(44)76)70(67(56(65)40-75)77-59-25-13-7-19-45(59)46-20-8-14-26-60(46)77)79-62-36-30-42(73(2,3)4)38-54(62)50-32-34-52-48-22-10-16-28-64(48)81-72(52)69(50)79/h5-38H,1-4H3. The second kappa shape index (κ2) is 16.5. The fraction of sp³-hybridized carbons (Fsp3) is 0.0685. The first-order chi connectivity index (χ1) is 39.7. The molecule has 0 bridgehead atoms. The van der Waals surface area contributed by atoms with Gasteiger partial charge in [0.05, 0.1) is 76.3 Å². The molecule has 0 saturated heterocycles. The van der Waals surface area contributed by atoms with E-state index >= 15 is 0 Å². The third-order valence-electron chi connectivity index (χ3n) is 17.2. The van der Waals surface area contributed by atoms with Crippen LogP contribution in [-0.4, -0.2) is 18.3 Å². The largest absolute Gasteiger partial charge is 0.306 e. The van der Waals surface area contributed by atoms with Crippen molar-refractivity contribution >= 4 is 150 Å². The van der Waals surface area contributed by atoms with Crippen molar-refractivity contribution in [3.8, 4) is 34.9 Å². The Morgan fingerprint density at radius 2 is 0.704 bits per heavy atom. The number of aryl methyl sites for hydroxylation is 1. The highest BCUT2D eigenvalue weighted by molar-refractivity contribution is 7.27. The lowest BCUT2D eigenvalue weighted by Crippen LogP contribution is -2.17. The Morgan fingerprint density at radius 3 is 1.15 bits per heavy atom. The molecule has 0 unspecified atom stereocenters. The van der Waals surface area contributed by atoms with E-state index in [9.17, 15) is 10.5 Å². The van der Waals surface area contributed by atoms with E-state index in [1.165, 1.54) is 25.7 Å². The van der Waals surface area contributed by atoms with Gasteiger partial charge in [-0.1, -0.05) is 172 Å². The van der Waals surface area contributed by atoms with Gasteiger partial charge in [0.25, 0.3) is 0 Å². The molecule has 380 valence electrons. The molecule has 0 radical (unpaired) electrons. The van der Waals surface area contributed by atoms with Crippen LogP contribution in [0, 0.1) is 29.6 Å². The van der Waals surface area contributed by atoms with E-state index in [1.54, 1.807) is 22.7 Å². The number of fused-ring (bicyclic) bond motifs is 20.